The summed E-state index contributed by atoms with van der Waals surface area (Å²) in [5.41, 5.74) is 1.06. The molecule has 1 heterocycles. The van der Waals surface area contributed by atoms with Gasteiger partial charge in [0.05, 0.1) is 12.3 Å². The highest BCUT2D eigenvalue weighted by atomic mass is 32.1. The molecule has 0 aliphatic heterocycles. The summed E-state index contributed by atoms with van der Waals surface area (Å²) in [6.07, 6.45) is 1.18. The number of anilines is 1. The van der Waals surface area contributed by atoms with Gasteiger partial charge < -0.3 is 15.0 Å². The van der Waals surface area contributed by atoms with E-state index >= 15 is 0 Å². The van der Waals surface area contributed by atoms with Gasteiger partial charge in [0.2, 0.25) is 0 Å². The van der Waals surface area contributed by atoms with Gasteiger partial charge in [0.1, 0.15) is 0 Å². The van der Waals surface area contributed by atoms with Gasteiger partial charge in [-0.25, -0.2) is 4.98 Å². The Hall–Kier alpha value is -0.650. The molecule has 0 fully saturated rings. The third-order valence-corrected chi connectivity index (χ3v) is 4.68. The number of nitrogens with zero attached hydrogens (tertiary/aromatic N) is 2. The predicted octanol–water partition coefficient (Wildman–Crippen LogP) is 3.66. The maximum atomic E-state index is 5.29. The number of thiazole rings is 1. The van der Waals surface area contributed by atoms with E-state index in [2.05, 4.69) is 51.9 Å². The molecule has 21 heavy (non-hydrogen) atoms. The Kier molecular flexibility index (Phi) is 7.63. The summed E-state index contributed by atoms with van der Waals surface area (Å²) in [6, 6.07) is 0.973. The number of methoxy groups -OCH3 is 1. The molecule has 0 amide bonds. The Balaban J connectivity index is 2.84. The van der Waals surface area contributed by atoms with Crippen LogP contribution in [0, 0.1) is 5.92 Å². The van der Waals surface area contributed by atoms with E-state index in [-0.39, 0.29) is 0 Å². The lowest BCUT2D eigenvalue weighted by Crippen LogP contribution is -2.29. The van der Waals surface area contributed by atoms with E-state index in [4.69, 9.17) is 9.72 Å². The second kappa shape index (κ2) is 8.71. The second-order valence-corrected chi connectivity index (χ2v) is 7.49. The summed E-state index contributed by atoms with van der Waals surface area (Å²) in [6.45, 7) is 12.6. The SMILES string of the molecule is COCc1nc(N(C)C(C)CC(C)C)sc1CNC(C)C. The molecule has 0 aliphatic carbocycles. The first-order chi connectivity index (χ1) is 9.85. The molecule has 0 bridgehead atoms. The molecule has 1 aromatic rings. The minimum Gasteiger partial charge on any atom is -0.378 e. The number of hydrogen-bond acceptors (Lipinski definition) is 5. The summed E-state index contributed by atoms with van der Waals surface area (Å²) in [7, 11) is 3.87. The van der Waals surface area contributed by atoms with Gasteiger partial charge in [0.15, 0.2) is 5.13 Å². The Labute approximate surface area is 133 Å². The third kappa shape index (κ3) is 5.93. The van der Waals surface area contributed by atoms with Gasteiger partial charge >= 0.3 is 0 Å². The van der Waals surface area contributed by atoms with Gasteiger partial charge in [-0.1, -0.05) is 27.7 Å². The van der Waals surface area contributed by atoms with Crippen molar-refractivity contribution in [3.8, 4) is 0 Å². The predicted molar refractivity (Wildman–Crippen MR) is 92.1 cm³/mol. The highest BCUT2D eigenvalue weighted by molar-refractivity contribution is 7.15. The molecule has 1 aromatic heterocycles. The molecule has 4 nitrogen and oxygen atoms in total. The fraction of sp³-hybridized carbons (Fsp3) is 0.812. The monoisotopic (exact) mass is 313 g/mol. The van der Waals surface area contributed by atoms with Crippen molar-refractivity contribution in [2.45, 2.75) is 66.3 Å². The normalized spacial score (nSPS) is 13.2. The molecule has 0 saturated carbocycles. The minimum absolute atomic E-state index is 0.475. The molecule has 1 unspecified atom stereocenters. The van der Waals surface area contributed by atoms with Crippen molar-refractivity contribution >= 4 is 16.5 Å². The van der Waals surface area contributed by atoms with Crippen LogP contribution in [0.25, 0.3) is 0 Å². The van der Waals surface area contributed by atoms with Crippen molar-refractivity contribution in [2.24, 2.45) is 5.92 Å². The quantitative estimate of drug-likeness (QED) is 0.755. The number of nitrogens with one attached hydrogen (secondary N) is 1. The lowest BCUT2D eigenvalue weighted by molar-refractivity contribution is 0.181. The van der Waals surface area contributed by atoms with Crippen LogP contribution in [0.3, 0.4) is 0 Å². The molecule has 5 heteroatoms. The largest absolute Gasteiger partial charge is 0.378 e. The molecule has 0 saturated heterocycles. The van der Waals surface area contributed by atoms with Crippen LogP contribution in [0.5, 0.6) is 0 Å². The van der Waals surface area contributed by atoms with Gasteiger partial charge in [0.25, 0.3) is 0 Å². The zero-order valence-electron chi connectivity index (χ0n) is 14.6. The summed E-state index contributed by atoms with van der Waals surface area (Å²) < 4.78 is 5.29. The molecule has 0 radical (unpaired) electrons. The highest BCUT2D eigenvalue weighted by Crippen LogP contribution is 2.28. The van der Waals surface area contributed by atoms with E-state index in [0.29, 0.717) is 24.6 Å². The molecule has 122 valence electrons. The zero-order valence-corrected chi connectivity index (χ0v) is 15.4. The molecule has 0 aliphatic rings. The van der Waals surface area contributed by atoms with Crippen LogP contribution in [-0.4, -0.2) is 31.2 Å². The van der Waals surface area contributed by atoms with Crippen LogP contribution in [0.4, 0.5) is 5.13 Å². The fourth-order valence-corrected chi connectivity index (χ4v) is 3.31. The molecule has 1 N–H and O–H groups in total. The Morgan fingerprint density at radius 3 is 2.43 bits per heavy atom. The maximum absolute atomic E-state index is 5.29. The van der Waals surface area contributed by atoms with Gasteiger partial charge in [-0.3, -0.25) is 0 Å². The first-order valence-electron chi connectivity index (χ1n) is 7.78. The zero-order chi connectivity index (χ0) is 16.0. The van der Waals surface area contributed by atoms with Crippen LogP contribution in [0.2, 0.25) is 0 Å². The minimum atomic E-state index is 0.475. The summed E-state index contributed by atoms with van der Waals surface area (Å²) in [5.74, 6) is 0.697. The average molecular weight is 314 g/mol. The van der Waals surface area contributed by atoms with E-state index < -0.39 is 0 Å². The first-order valence-corrected chi connectivity index (χ1v) is 8.60. The van der Waals surface area contributed by atoms with E-state index in [1.54, 1.807) is 18.4 Å². The van der Waals surface area contributed by atoms with Crippen LogP contribution in [0.1, 0.15) is 51.6 Å². The number of rotatable bonds is 9. The molecule has 0 aromatic carbocycles. The van der Waals surface area contributed by atoms with Crippen molar-refractivity contribution in [1.82, 2.24) is 10.3 Å². The van der Waals surface area contributed by atoms with Crippen LogP contribution >= 0.6 is 11.3 Å². The van der Waals surface area contributed by atoms with Gasteiger partial charge in [-0.2, -0.15) is 0 Å². The molecule has 1 atom stereocenters. The van der Waals surface area contributed by atoms with Crippen molar-refractivity contribution in [3.63, 3.8) is 0 Å². The van der Waals surface area contributed by atoms with Crippen molar-refractivity contribution in [2.75, 3.05) is 19.1 Å². The third-order valence-electron chi connectivity index (χ3n) is 3.49. The van der Waals surface area contributed by atoms with Crippen molar-refractivity contribution in [3.05, 3.63) is 10.6 Å². The molecular weight excluding hydrogens is 282 g/mol. The standard InChI is InChI=1S/C16H31N3OS/c1-11(2)8-13(5)19(6)16-18-14(10-20-7)15(21-16)9-17-12(3)4/h11-13,17H,8-10H2,1-7H3. The van der Waals surface area contributed by atoms with E-state index in [1.165, 1.54) is 11.3 Å². The summed E-state index contributed by atoms with van der Waals surface area (Å²) in [4.78, 5) is 8.36. The van der Waals surface area contributed by atoms with Gasteiger partial charge in [-0.15, -0.1) is 11.3 Å². The lowest BCUT2D eigenvalue weighted by atomic mass is 10.0. The van der Waals surface area contributed by atoms with E-state index in [1.807, 2.05) is 0 Å². The second-order valence-electron chi connectivity index (χ2n) is 6.42. The Morgan fingerprint density at radius 1 is 1.24 bits per heavy atom. The maximum Gasteiger partial charge on any atom is 0.185 e. The Bertz CT molecular complexity index is 418. The fourth-order valence-electron chi connectivity index (χ4n) is 2.23. The average Bonchev–Trinajstić information content (AvgIpc) is 2.78. The van der Waals surface area contributed by atoms with Crippen LogP contribution < -0.4 is 10.2 Å². The van der Waals surface area contributed by atoms with Gasteiger partial charge in [-0.05, 0) is 19.3 Å². The lowest BCUT2D eigenvalue weighted by Gasteiger charge is -2.25. The van der Waals surface area contributed by atoms with E-state index in [9.17, 15) is 0 Å². The smallest absolute Gasteiger partial charge is 0.185 e. The highest BCUT2D eigenvalue weighted by Gasteiger charge is 2.18. The van der Waals surface area contributed by atoms with Gasteiger partial charge in [0, 0.05) is 37.7 Å². The Morgan fingerprint density at radius 2 is 1.90 bits per heavy atom. The van der Waals surface area contributed by atoms with Crippen LogP contribution in [-0.2, 0) is 17.9 Å². The molecule has 0 spiro atoms. The first kappa shape index (κ1) is 18.4. The number of hydrogen-bond donors (Lipinski definition) is 1. The number of aromatic nitrogens is 1. The summed E-state index contributed by atoms with van der Waals surface area (Å²) >= 11 is 1.78. The van der Waals surface area contributed by atoms with E-state index in [0.717, 1.165) is 17.4 Å². The summed E-state index contributed by atoms with van der Waals surface area (Å²) in [5, 5.41) is 4.56. The van der Waals surface area contributed by atoms with Crippen LogP contribution in [0.15, 0.2) is 0 Å². The molecular formula is C16H31N3OS. The molecule has 1 rings (SSSR count). The topological polar surface area (TPSA) is 37.4 Å². The van der Waals surface area contributed by atoms with Crippen molar-refractivity contribution in [1.29, 1.82) is 0 Å². The van der Waals surface area contributed by atoms with Crippen molar-refractivity contribution < 1.29 is 4.74 Å². The number of ether oxygens (including phenoxy) is 1.